The predicted molar refractivity (Wildman–Crippen MR) is 107 cm³/mol. The van der Waals surface area contributed by atoms with E-state index >= 15 is 0 Å². The van der Waals surface area contributed by atoms with Gasteiger partial charge in [0.25, 0.3) is 0 Å². The first-order valence-electron chi connectivity index (χ1n) is 8.36. The number of anilines is 1. The Balaban J connectivity index is 2.32. The Kier molecular flexibility index (Phi) is 5.27. The fourth-order valence-electron chi connectivity index (χ4n) is 3.08. The van der Waals surface area contributed by atoms with Gasteiger partial charge < -0.3 is 10.0 Å². The van der Waals surface area contributed by atoms with Crippen LogP contribution in [0.2, 0.25) is 5.28 Å². The minimum absolute atomic E-state index is 0.0685. The summed E-state index contributed by atoms with van der Waals surface area (Å²) in [6, 6.07) is 6.51. The first-order chi connectivity index (χ1) is 12.0. The van der Waals surface area contributed by atoms with Crippen LogP contribution in [0.1, 0.15) is 22.9 Å². The lowest BCUT2D eigenvalue weighted by Crippen LogP contribution is -2.27. The van der Waals surface area contributed by atoms with Crippen LogP contribution in [0.25, 0.3) is 21.3 Å². The minimum atomic E-state index is 0.0685. The second kappa shape index (κ2) is 7.28. The summed E-state index contributed by atoms with van der Waals surface area (Å²) >= 11 is 7.81. The highest BCUT2D eigenvalue weighted by atomic mass is 35.5. The highest BCUT2D eigenvalue weighted by molar-refractivity contribution is 7.19. The molecule has 0 radical (unpaired) electrons. The molecular formula is C19H22ClN3OS. The van der Waals surface area contributed by atoms with Crippen molar-refractivity contribution in [1.82, 2.24) is 9.97 Å². The molecule has 4 nitrogen and oxygen atoms in total. The number of aliphatic hydroxyl groups excluding tert-OH is 1. The standard InChI is InChI=1S/C19H22ClN3OS/c1-5-23(8-9-24)17-16-15(14-7-6-11(2)12(3)10-14)13(4)25-18(16)22-19(20)21-17/h6-7,10,24H,5,8-9H2,1-4H3. The van der Waals surface area contributed by atoms with E-state index in [0.717, 1.165) is 28.1 Å². The maximum atomic E-state index is 9.41. The van der Waals surface area contributed by atoms with Crippen molar-refractivity contribution in [3.8, 4) is 11.1 Å². The van der Waals surface area contributed by atoms with Gasteiger partial charge in [0.1, 0.15) is 10.6 Å². The summed E-state index contributed by atoms with van der Waals surface area (Å²) in [5.41, 5.74) is 4.86. The molecule has 0 bridgehead atoms. The Morgan fingerprint density at radius 2 is 1.92 bits per heavy atom. The highest BCUT2D eigenvalue weighted by Crippen LogP contribution is 2.42. The molecule has 0 aliphatic carbocycles. The second-order valence-electron chi connectivity index (χ2n) is 6.13. The van der Waals surface area contributed by atoms with Gasteiger partial charge in [0.05, 0.1) is 12.0 Å². The number of aryl methyl sites for hydroxylation is 3. The second-order valence-corrected chi connectivity index (χ2v) is 7.67. The molecule has 0 amide bonds. The van der Waals surface area contributed by atoms with E-state index in [-0.39, 0.29) is 11.9 Å². The fourth-order valence-corrected chi connectivity index (χ4v) is 4.33. The Morgan fingerprint density at radius 1 is 1.16 bits per heavy atom. The zero-order valence-electron chi connectivity index (χ0n) is 14.9. The Hall–Kier alpha value is -1.69. The molecule has 25 heavy (non-hydrogen) atoms. The molecule has 132 valence electrons. The van der Waals surface area contributed by atoms with E-state index in [0.29, 0.717) is 6.54 Å². The molecular weight excluding hydrogens is 354 g/mol. The zero-order chi connectivity index (χ0) is 18.1. The summed E-state index contributed by atoms with van der Waals surface area (Å²) in [5, 5.41) is 10.7. The number of nitrogens with zero attached hydrogens (tertiary/aromatic N) is 3. The number of aliphatic hydroxyl groups is 1. The number of likely N-dealkylation sites (N-methyl/N-ethyl adjacent to an activating group) is 1. The van der Waals surface area contributed by atoms with Crippen LogP contribution in [0.5, 0.6) is 0 Å². The Labute approximate surface area is 157 Å². The topological polar surface area (TPSA) is 49.2 Å². The van der Waals surface area contributed by atoms with Gasteiger partial charge in [-0.3, -0.25) is 0 Å². The van der Waals surface area contributed by atoms with Gasteiger partial charge in [-0.2, -0.15) is 4.98 Å². The fraction of sp³-hybridized carbons (Fsp3) is 0.368. The summed E-state index contributed by atoms with van der Waals surface area (Å²) in [6.45, 7) is 9.72. The summed E-state index contributed by atoms with van der Waals surface area (Å²) in [7, 11) is 0. The first kappa shape index (κ1) is 18.1. The van der Waals surface area contributed by atoms with Crippen molar-refractivity contribution in [1.29, 1.82) is 0 Å². The van der Waals surface area contributed by atoms with Crippen molar-refractivity contribution in [2.24, 2.45) is 0 Å². The number of halogens is 1. The van der Waals surface area contributed by atoms with Gasteiger partial charge in [-0.1, -0.05) is 18.2 Å². The van der Waals surface area contributed by atoms with E-state index in [1.54, 1.807) is 11.3 Å². The SMILES string of the molecule is CCN(CCO)c1nc(Cl)nc2sc(C)c(-c3ccc(C)c(C)c3)c12. The van der Waals surface area contributed by atoms with Crippen molar-refractivity contribution in [3.63, 3.8) is 0 Å². The third kappa shape index (κ3) is 3.36. The number of rotatable bonds is 5. The predicted octanol–water partition coefficient (Wildman–Crippen LogP) is 4.76. The monoisotopic (exact) mass is 375 g/mol. The molecule has 0 saturated heterocycles. The Morgan fingerprint density at radius 3 is 2.56 bits per heavy atom. The highest BCUT2D eigenvalue weighted by Gasteiger charge is 2.21. The summed E-state index contributed by atoms with van der Waals surface area (Å²) in [6.07, 6.45) is 0. The van der Waals surface area contributed by atoms with E-state index < -0.39 is 0 Å². The number of hydrogen-bond acceptors (Lipinski definition) is 5. The lowest BCUT2D eigenvalue weighted by Gasteiger charge is -2.22. The molecule has 6 heteroatoms. The van der Waals surface area contributed by atoms with Gasteiger partial charge in [-0.15, -0.1) is 11.3 Å². The van der Waals surface area contributed by atoms with Gasteiger partial charge in [0, 0.05) is 23.5 Å². The summed E-state index contributed by atoms with van der Waals surface area (Å²) in [5.74, 6) is 0.795. The molecule has 0 atom stereocenters. The van der Waals surface area contributed by atoms with E-state index in [4.69, 9.17) is 11.6 Å². The van der Waals surface area contributed by atoms with Crippen molar-refractivity contribution in [2.75, 3.05) is 24.6 Å². The van der Waals surface area contributed by atoms with Crippen LogP contribution in [0, 0.1) is 20.8 Å². The molecule has 0 saturated carbocycles. The van der Waals surface area contributed by atoms with Crippen LogP contribution >= 0.6 is 22.9 Å². The summed E-state index contributed by atoms with van der Waals surface area (Å²) in [4.78, 5) is 13.1. The number of fused-ring (bicyclic) bond motifs is 1. The molecule has 2 heterocycles. The van der Waals surface area contributed by atoms with Gasteiger partial charge in [-0.25, -0.2) is 4.98 Å². The number of hydrogen-bond donors (Lipinski definition) is 1. The quantitative estimate of drug-likeness (QED) is 0.653. The van der Waals surface area contributed by atoms with Crippen molar-refractivity contribution in [2.45, 2.75) is 27.7 Å². The zero-order valence-corrected chi connectivity index (χ0v) is 16.5. The van der Waals surface area contributed by atoms with Crippen LogP contribution in [0.15, 0.2) is 18.2 Å². The third-order valence-corrected chi connectivity index (χ3v) is 5.70. The molecule has 0 aliphatic heterocycles. The maximum Gasteiger partial charge on any atom is 0.225 e. The molecule has 1 aromatic carbocycles. The molecule has 3 rings (SSSR count). The van der Waals surface area contributed by atoms with E-state index in [9.17, 15) is 5.11 Å². The molecule has 3 aromatic rings. The van der Waals surface area contributed by atoms with Crippen LogP contribution < -0.4 is 4.90 Å². The normalized spacial score (nSPS) is 11.3. The van der Waals surface area contributed by atoms with Crippen LogP contribution in [-0.2, 0) is 0 Å². The minimum Gasteiger partial charge on any atom is -0.395 e. The van der Waals surface area contributed by atoms with Crippen molar-refractivity contribution >= 4 is 39.0 Å². The Bertz CT molecular complexity index is 923. The number of benzene rings is 1. The summed E-state index contributed by atoms with van der Waals surface area (Å²) < 4.78 is 0. The van der Waals surface area contributed by atoms with Gasteiger partial charge in [0.15, 0.2) is 0 Å². The largest absolute Gasteiger partial charge is 0.395 e. The molecule has 0 fully saturated rings. The van der Waals surface area contributed by atoms with Crippen LogP contribution in [0.3, 0.4) is 0 Å². The van der Waals surface area contributed by atoms with Crippen LogP contribution in [-0.4, -0.2) is 34.8 Å². The molecule has 0 aliphatic rings. The third-order valence-electron chi connectivity index (χ3n) is 4.53. The number of aromatic nitrogens is 2. The number of thiophene rings is 1. The van der Waals surface area contributed by atoms with E-state index in [1.165, 1.54) is 21.6 Å². The molecule has 0 unspecified atom stereocenters. The van der Waals surface area contributed by atoms with Gasteiger partial charge >= 0.3 is 0 Å². The average Bonchev–Trinajstić information content (AvgIpc) is 2.90. The lowest BCUT2D eigenvalue weighted by molar-refractivity contribution is 0.302. The smallest absolute Gasteiger partial charge is 0.225 e. The maximum absolute atomic E-state index is 9.41. The lowest BCUT2D eigenvalue weighted by atomic mass is 9.99. The molecule has 0 spiro atoms. The molecule has 1 N–H and O–H groups in total. The van der Waals surface area contributed by atoms with E-state index in [2.05, 4.69) is 48.9 Å². The van der Waals surface area contributed by atoms with E-state index in [1.807, 2.05) is 11.8 Å². The first-order valence-corrected chi connectivity index (χ1v) is 9.55. The van der Waals surface area contributed by atoms with Crippen molar-refractivity contribution < 1.29 is 5.11 Å². The molecule has 2 aromatic heterocycles. The van der Waals surface area contributed by atoms with Gasteiger partial charge in [-0.05, 0) is 56.0 Å². The van der Waals surface area contributed by atoms with Crippen molar-refractivity contribution in [3.05, 3.63) is 39.5 Å². The van der Waals surface area contributed by atoms with Crippen LogP contribution in [0.4, 0.5) is 5.82 Å². The average molecular weight is 376 g/mol. The van der Waals surface area contributed by atoms with Gasteiger partial charge in [0.2, 0.25) is 5.28 Å².